The standard InChI is InChI=1S/C18H22N2O2/c1-22-15-9-5-6-13(12-15)17-11-10-16(19)18(21)20(17)14-7-3-2-4-8-14/h5-6,9-12,14H,2-4,7-8,19H2,1H3. The molecule has 4 heteroatoms. The van der Waals surface area contributed by atoms with Gasteiger partial charge >= 0.3 is 0 Å². The largest absolute Gasteiger partial charge is 0.497 e. The molecule has 4 nitrogen and oxygen atoms in total. The lowest BCUT2D eigenvalue weighted by molar-refractivity contribution is 0.349. The van der Waals surface area contributed by atoms with Crippen molar-refractivity contribution in [2.24, 2.45) is 0 Å². The summed E-state index contributed by atoms with van der Waals surface area (Å²) < 4.78 is 7.20. The van der Waals surface area contributed by atoms with Crippen molar-refractivity contribution in [3.8, 4) is 17.0 Å². The van der Waals surface area contributed by atoms with Gasteiger partial charge in [-0.2, -0.15) is 0 Å². The summed E-state index contributed by atoms with van der Waals surface area (Å²) in [7, 11) is 1.65. The molecule has 0 spiro atoms. The fourth-order valence-corrected chi connectivity index (χ4v) is 3.29. The number of ether oxygens (including phenoxy) is 1. The van der Waals surface area contributed by atoms with Crippen LogP contribution < -0.4 is 16.0 Å². The predicted molar refractivity (Wildman–Crippen MR) is 89.2 cm³/mol. The Hall–Kier alpha value is -2.23. The van der Waals surface area contributed by atoms with E-state index < -0.39 is 0 Å². The minimum Gasteiger partial charge on any atom is -0.497 e. The van der Waals surface area contributed by atoms with Crippen LogP contribution in [0.3, 0.4) is 0 Å². The molecule has 1 saturated carbocycles. The highest BCUT2D eigenvalue weighted by molar-refractivity contribution is 5.63. The van der Waals surface area contributed by atoms with Crippen molar-refractivity contribution in [3.63, 3.8) is 0 Å². The van der Waals surface area contributed by atoms with E-state index >= 15 is 0 Å². The highest BCUT2D eigenvalue weighted by atomic mass is 16.5. The summed E-state index contributed by atoms with van der Waals surface area (Å²) in [5.41, 5.74) is 8.02. The average molecular weight is 298 g/mol. The lowest BCUT2D eigenvalue weighted by Crippen LogP contribution is -2.29. The first-order chi connectivity index (χ1) is 10.7. The monoisotopic (exact) mass is 298 g/mol. The van der Waals surface area contributed by atoms with Crippen molar-refractivity contribution in [1.82, 2.24) is 4.57 Å². The van der Waals surface area contributed by atoms with Gasteiger partial charge in [-0.05, 0) is 37.1 Å². The van der Waals surface area contributed by atoms with Gasteiger partial charge in [-0.3, -0.25) is 4.79 Å². The Kier molecular flexibility index (Phi) is 4.18. The number of hydrogen-bond acceptors (Lipinski definition) is 3. The molecule has 0 unspecified atom stereocenters. The lowest BCUT2D eigenvalue weighted by atomic mass is 9.94. The third kappa shape index (κ3) is 2.73. The van der Waals surface area contributed by atoms with Crippen LogP contribution in [0, 0.1) is 0 Å². The Bertz CT molecular complexity index is 715. The third-order valence-corrected chi connectivity index (χ3v) is 4.45. The van der Waals surface area contributed by atoms with Gasteiger partial charge in [0.05, 0.1) is 18.5 Å². The van der Waals surface area contributed by atoms with Gasteiger partial charge < -0.3 is 15.0 Å². The van der Waals surface area contributed by atoms with E-state index in [2.05, 4.69) is 0 Å². The Morgan fingerprint density at radius 2 is 1.91 bits per heavy atom. The van der Waals surface area contributed by atoms with Crippen molar-refractivity contribution in [2.45, 2.75) is 38.1 Å². The fraction of sp³-hybridized carbons (Fsp3) is 0.389. The summed E-state index contributed by atoms with van der Waals surface area (Å²) >= 11 is 0. The van der Waals surface area contributed by atoms with Gasteiger partial charge in [0.1, 0.15) is 5.75 Å². The maximum absolute atomic E-state index is 12.6. The van der Waals surface area contributed by atoms with E-state index in [0.29, 0.717) is 5.69 Å². The summed E-state index contributed by atoms with van der Waals surface area (Å²) in [4.78, 5) is 12.6. The van der Waals surface area contributed by atoms with Crippen LogP contribution in [0.15, 0.2) is 41.2 Å². The minimum absolute atomic E-state index is 0.0766. The number of anilines is 1. The second-order valence-electron chi connectivity index (χ2n) is 5.87. The van der Waals surface area contributed by atoms with Crippen LogP contribution in [0.25, 0.3) is 11.3 Å². The van der Waals surface area contributed by atoms with Crippen molar-refractivity contribution in [3.05, 3.63) is 46.8 Å². The first-order valence-electron chi connectivity index (χ1n) is 7.86. The van der Waals surface area contributed by atoms with Crippen LogP contribution in [0.2, 0.25) is 0 Å². The van der Waals surface area contributed by atoms with E-state index in [4.69, 9.17) is 10.5 Å². The van der Waals surface area contributed by atoms with Gasteiger partial charge in [-0.15, -0.1) is 0 Å². The first kappa shape index (κ1) is 14.7. The molecule has 0 amide bonds. The molecule has 1 aromatic carbocycles. The van der Waals surface area contributed by atoms with E-state index in [1.165, 1.54) is 19.3 Å². The number of nitrogens with two attached hydrogens (primary N) is 1. The van der Waals surface area contributed by atoms with Crippen LogP contribution in [0.1, 0.15) is 38.1 Å². The van der Waals surface area contributed by atoms with Gasteiger partial charge in [0, 0.05) is 11.6 Å². The number of aromatic nitrogens is 1. The number of rotatable bonds is 3. The van der Waals surface area contributed by atoms with Crippen molar-refractivity contribution in [2.75, 3.05) is 12.8 Å². The zero-order chi connectivity index (χ0) is 15.5. The second-order valence-corrected chi connectivity index (χ2v) is 5.87. The average Bonchev–Trinajstić information content (AvgIpc) is 2.58. The van der Waals surface area contributed by atoms with Crippen LogP contribution in [-0.2, 0) is 0 Å². The highest BCUT2D eigenvalue weighted by Gasteiger charge is 2.20. The molecule has 22 heavy (non-hydrogen) atoms. The van der Waals surface area contributed by atoms with Gasteiger partial charge in [0.2, 0.25) is 0 Å². The lowest BCUT2D eigenvalue weighted by Gasteiger charge is -2.27. The number of benzene rings is 1. The summed E-state index contributed by atoms with van der Waals surface area (Å²) in [5, 5.41) is 0. The maximum Gasteiger partial charge on any atom is 0.274 e. The molecule has 116 valence electrons. The number of nitrogen functional groups attached to an aromatic ring is 1. The summed E-state index contributed by atoms with van der Waals surface area (Å²) in [6, 6.07) is 11.7. The number of nitrogens with zero attached hydrogens (tertiary/aromatic N) is 1. The number of methoxy groups -OCH3 is 1. The van der Waals surface area contributed by atoms with Gasteiger partial charge in [0.25, 0.3) is 5.56 Å². The molecular weight excluding hydrogens is 276 g/mol. The Labute approximate surface area is 130 Å². The predicted octanol–water partition coefficient (Wildman–Crippen LogP) is 3.61. The van der Waals surface area contributed by atoms with Crippen LogP contribution >= 0.6 is 0 Å². The molecule has 2 N–H and O–H groups in total. The summed E-state index contributed by atoms with van der Waals surface area (Å²) in [6.07, 6.45) is 5.68. The Morgan fingerprint density at radius 3 is 2.64 bits per heavy atom. The zero-order valence-corrected chi connectivity index (χ0v) is 12.9. The normalized spacial score (nSPS) is 15.7. The molecule has 0 aliphatic heterocycles. The molecular formula is C18H22N2O2. The molecule has 2 aromatic rings. The van der Waals surface area contributed by atoms with E-state index in [1.54, 1.807) is 13.2 Å². The first-order valence-corrected chi connectivity index (χ1v) is 7.86. The summed E-state index contributed by atoms with van der Waals surface area (Å²) in [5.74, 6) is 0.789. The Morgan fingerprint density at radius 1 is 1.14 bits per heavy atom. The molecule has 0 atom stereocenters. The molecule has 0 bridgehead atoms. The van der Waals surface area contributed by atoms with Crippen molar-refractivity contribution < 1.29 is 4.74 Å². The SMILES string of the molecule is COc1cccc(-c2ccc(N)c(=O)n2C2CCCCC2)c1. The second kappa shape index (κ2) is 6.26. The zero-order valence-electron chi connectivity index (χ0n) is 12.9. The molecule has 1 aliphatic carbocycles. The molecule has 1 aliphatic rings. The van der Waals surface area contributed by atoms with E-state index in [-0.39, 0.29) is 11.6 Å². The summed E-state index contributed by atoms with van der Waals surface area (Å²) in [6.45, 7) is 0. The molecule has 1 aromatic heterocycles. The van der Waals surface area contributed by atoms with Crippen molar-refractivity contribution >= 4 is 5.69 Å². The van der Waals surface area contributed by atoms with Crippen LogP contribution in [0.4, 0.5) is 5.69 Å². The minimum atomic E-state index is -0.0766. The third-order valence-electron chi connectivity index (χ3n) is 4.45. The maximum atomic E-state index is 12.6. The van der Waals surface area contributed by atoms with Gasteiger partial charge in [0.15, 0.2) is 0 Å². The quantitative estimate of drug-likeness (QED) is 0.941. The topological polar surface area (TPSA) is 57.2 Å². The molecule has 1 fully saturated rings. The fourth-order valence-electron chi connectivity index (χ4n) is 3.29. The van der Waals surface area contributed by atoms with E-state index in [0.717, 1.165) is 29.8 Å². The number of hydrogen-bond donors (Lipinski definition) is 1. The highest BCUT2D eigenvalue weighted by Crippen LogP contribution is 2.32. The van der Waals surface area contributed by atoms with Gasteiger partial charge in [-0.25, -0.2) is 0 Å². The van der Waals surface area contributed by atoms with Crippen LogP contribution in [-0.4, -0.2) is 11.7 Å². The van der Waals surface area contributed by atoms with Gasteiger partial charge in [-0.1, -0.05) is 31.4 Å². The van der Waals surface area contributed by atoms with Crippen molar-refractivity contribution in [1.29, 1.82) is 0 Å². The van der Waals surface area contributed by atoms with E-state index in [9.17, 15) is 4.79 Å². The molecule has 3 rings (SSSR count). The van der Waals surface area contributed by atoms with E-state index in [1.807, 2.05) is 34.9 Å². The molecule has 1 heterocycles. The molecule has 0 radical (unpaired) electrons. The Balaban J connectivity index is 2.14. The number of pyridine rings is 1. The molecule has 0 saturated heterocycles. The smallest absolute Gasteiger partial charge is 0.274 e. The van der Waals surface area contributed by atoms with Crippen LogP contribution in [0.5, 0.6) is 5.75 Å².